The van der Waals surface area contributed by atoms with Gasteiger partial charge in [-0.2, -0.15) is 10.1 Å². The maximum atomic E-state index is 12.6. The van der Waals surface area contributed by atoms with Crippen LogP contribution in [0.25, 0.3) is 0 Å². The van der Waals surface area contributed by atoms with Gasteiger partial charge in [0, 0.05) is 44.1 Å². The van der Waals surface area contributed by atoms with Crippen molar-refractivity contribution < 1.29 is 9.32 Å². The van der Waals surface area contributed by atoms with Crippen molar-refractivity contribution in [2.45, 2.75) is 57.9 Å². The van der Waals surface area contributed by atoms with Crippen molar-refractivity contribution in [3.8, 4) is 0 Å². The summed E-state index contributed by atoms with van der Waals surface area (Å²) in [5.41, 5.74) is 1.13. The second-order valence-electron chi connectivity index (χ2n) is 6.75. The summed E-state index contributed by atoms with van der Waals surface area (Å²) in [6, 6.07) is 0.169. The van der Waals surface area contributed by atoms with Crippen molar-refractivity contribution in [3.63, 3.8) is 0 Å². The van der Waals surface area contributed by atoms with Crippen LogP contribution in [0.1, 0.15) is 68.8 Å². The lowest BCUT2D eigenvalue weighted by molar-refractivity contribution is -0.132. The maximum absolute atomic E-state index is 12.6. The SMILES string of the molecule is CC(C)c1noc(CCCC(=O)N2CCC[C@H]2c2cnn(C)c2)n1. The minimum Gasteiger partial charge on any atom is -0.339 e. The van der Waals surface area contributed by atoms with Gasteiger partial charge >= 0.3 is 0 Å². The molecule has 7 nitrogen and oxygen atoms in total. The van der Waals surface area contributed by atoms with Crippen LogP contribution in [0, 0.1) is 0 Å². The van der Waals surface area contributed by atoms with Crippen LogP contribution in [0.15, 0.2) is 16.9 Å². The summed E-state index contributed by atoms with van der Waals surface area (Å²) in [5, 5.41) is 8.18. The highest BCUT2D eigenvalue weighted by Crippen LogP contribution is 2.32. The van der Waals surface area contributed by atoms with Gasteiger partial charge in [-0.05, 0) is 19.3 Å². The molecule has 24 heavy (non-hydrogen) atoms. The van der Waals surface area contributed by atoms with E-state index in [9.17, 15) is 4.79 Å². The Morgan fingerprint density at radius 2 is 2.29 bits per heavy atom. The minimum atomic E-state index is 0.169. The monoisotopic (exact) mass is 331 g/mol. The summed E-state index contributed by atoms with van der Waals surface area (Å²) >= 11 is 0. The summed E-state index contributed by atoms with van der Waals surface area (Å²) in [6.07, 6.45) is 7.82. The van der Waals surface area contributed by atoms with Gasteiger partial charge < -0.3 is 9.42 Å². The van der Waals surface area contributed by atoms with E-state index < -0.39 is 0 Å². The Labute approximate surface area is 142 Å². The number of hydrogen-bond donors (Lipinski definition) is 0. The molecule has 0 spiro atoms. The van der Waals surface area contributed by atoms with Crippen LogP contribution in [0.2, 0.25) is 0 Å². The molecule has 7 heteroatoms. The zero-order chi connectivity index (χ0) is 17.1. The van der Waals surface area contributed by atoms with E-state index in [1.54, 1.807) is 4.68 Å². The van der Waals surface area contributed by atoms with E-state index in [2.05, 4.69) is 15.2 Å². The van der Waals surface area contributed by atoms with Crippen molar-refractivity contribution in [3.05, 3.63) is 29.7 Å². The molecule has 1 aliphatic heterocycles. The fourth-order valence-electron chi connectivity index (χ4n) is 3.16. The average molecular weight is 331 g/mol. The maximum Gasteiger partial charge on any atom is 0.226 e. The van der Waals surface area contributed by atoms with Gasteiger partial charge in [0.1, 0.15) is 0 Å². The number of aromatic nitrogens is 4. The van der Waals surface area contributed by atoms with E-state index in [-0.39, 0.29) is 17.9 Å². The molecular weight excluding hydrogens is 306 g/mol. The van der Waals surface area contributed by atoms with Crippen molar-refractivity contribution >= 4 is 5.91 Å². The smallest absolute Gasteiger partial charge is 0.226 e. The topological polar surface area (TPSA) is 77.0 Å². The molecule has 0 aliphatic carbocycles. The van der Waals surface area contributed by atoms with Crippen LogP contribution in [0.4, 0.5) is 0 Å². The Morgan fingerprint density at radius 3 is 2.96 bits per heavy atom. The summed E-state index contributed by atoms with van der Waals surface area (Å²) in [7, 11) is 1.90. The van der Waals surface area contributed by atoms with E-state index in [0.717, 1.165) is 37.2 Å². The first-order chi connectivity index (χ1) is 11.5. The Bertz CT molecular complexity index is 691. The molecule has 3 rings (SSSR count). The fraction of sp³-hybridized carbons (Fsp3) is 0.647. The Balaban J connectivity index is 1.52. The van der Waals surface area contributed by atoms with Gasteiger partial charge in [-0.3, -0.25) is 9.48 Å². The molecular formula is C17H25N5O2. The van der Waals surface area contributed by atoms with Crippen molar-refractivity contribution in [1.82, 2.24) is 24.8 Å². The molecule has 0 aromatic carbocycles. The number of rotatable bonds is 6. The van der Waals surface area contributed by atoms with Gasteiger partial charge in [-0.25, -0.2) is 0 Å². The van der Waals surface area contributed by atoms with E-state index >= 15 is 0 Å². The molecule has 2 aromatic rings. The molecule has 1 fully saturated rings. The first-order valence-corrected chi connectivity index (χ1v) is 8.65. The largest absolute Gasteiger partial charge is 0.339 e. The van der Waals surface area contributed by atoms with Crippen LogP contribution in [0.3, 0.4) is 0 Å². The van der Waals surface area contributed by atoms with Gasteiger partial charge in [0.15, 0.2) is 5.82 Å². The van der Waals surface area contributed by atoms with Gasteiger partial charge in [0.05, 0.1) is 12.2 Å². The number of hydrogen-bond acceptors (Lipinski definition) is 5. The lowest BCUT2D eigenvalue weighted by Crippen LogP contribution is -2.30. The van der Waals surface area contributed by atoms with E-state index in [0.29, 0.717) is 18.7 Å². The first-order valence-electron chi connectivity index (χ1n) is 8.65. The standard InChI is InChI=1S/C17H25N5O2/c1-12(2)17-19-15(24-20-17)7-4-8-16(23)22-9-5-6-14(22)13-10-18-21(3)11-13/h10-12,14H,4-9H2,1-3H3/t14-/m0/s1. The molecule has 130 valence electrons. The quantitative estimate of drug-likeness (QED) is 0.813. The summed E-state index contributed by atoms with van der Waals surface area (Å²) in [4.78, 5) is 18.9. The highest BCUT2D eigenvalue weighted by molar-refractivity contribution is 5.77. The first kappa shape index (κ1) is 16.7. The lowest BCUT2D eigenvalue weighted by atomic mass is 10.1. The third-order valence-corrected chi connectivity index (χ3v) is 4.46. The molecule has 1 atom stereocenters. The molecule has 3 heterocycles. The van der Waals surface area contributed by atoms with E-state index in [1.165, 1.54) is 0 Å². The summed E-state index contributed by atoms with van der Waals surface area (Å²) in [5.74, 6) is 1.81. The highest BCUT2D eigenvalue weighted by Gasteiger charge is 2.30. The summed E-state index contributed by atoms with van der Waals surface area (Å²) < 4.78 is 7.02. The number of carbonyl (C=O) groups is 1. The Kier molecular flexibility index (Phi) is 4.97. The molecule has 0 N–H and O–H groups in total. The van der Waals surface area contributed by atoms with Crippen LogP contribution < -0.4 is 0 Å². The molecule has 1 amide bonds. The molecule has 2 aromatic heterocycles. The zero-order valence-corrected chi connectivity index (χ0v) is 14.6. The second-order valence-corrected chi connectivity index (χ2v) is 6.75. The molecule has 0 saturated carbocycles. The number of likely N-dealkylation sites (tertiary alicyclic amines) is 1. The lowest BCUT2D eigenvalue weighted by Gasteiger charge is -2.23. The third kappa shape index (κ3) is 3.66. The Morgan fingerprint density at radius 1 is 1.46 bits per heavy atom. The zero-order valence-electron chi connectivity index (χ0n) is 14.6. The predicted octanol–water partition coefficient (Wildman–Crippen LogP) is 2.61. The molecule has 0 radical (unpaired) electrons. The van der Waals surface area contributed by atoms with Gasteiger partial charge in [0.25, 0.3) is 0 Å². The fourth-order valence-corrected chi connectivity index (χ4v) is 3.16. The molecule has 1 aliphatic rings. The van der Waals surface area contributed by atoms with E-state index in [4.69, 9.17) is 4.52 Å². The van der Waals surface area contributed by atoms with Crippen LogP contribution in [-0.4, -0.2) is 37.3 Å². The number of carbonyl (C=O) groups excluding carboxylic acids is 1. The Hall–Kier alpha value is -2.18. The predicted molar refractivity (Wildman–Crippen MR) is 88.2 cm³/mol. The van der Waals surface area contributed by atoms with Gasteiger partial charge in [0.2, 0.25) is 11.8 Å². The molecule has 0 bridgehead atoms. The van der Waals surface area contributed by atoms with Crippen LogP contribution in [0.5, 0.6) is 0 Å². The molecule has 1 saturated heterocycles. The number of amides is 1. The average Bonchev–Trinajstić information content (AvgIpc) is 3.26. The van der Waals surface area contributed by atoms with Crippen LogP contribution >= 0.6 is 0 Å². The highest BCUT2D eigenvalue weighted by atomic mass is 16.5. The third-order valence-electron chi connectivity index (χ3n) is 4.46. The number of aryl methyl sites for hydroxylation is 2. The summed E-state index contributed by atoms with van der Waals surface area (Å²) in [6.45, 7) is 4.89. The van der Waals surface area contributed by atoms with Crippen molar-refractivity contribution in [2.75, 3.05) is 6.54 Å². The van der Waals surface area contributed by atoms with Crippen LogP contribution in [-0.2, 0) is 18.3 Å². The minimum absolute atomic E-state index is 0.169. The molecule has 0 unspecified atom stereocenters. The van der Waals surface area contributed by atoms with Gasteiger partial charge in [-0.1, -0.05) is 19.0 Å². The van der Waals surface area contributed by atoms with E-state index in [1.807, 2.05) is 38.2 Å². The van der Waals surface area contributed by atoms with Crippen molar-refractivity contribution in [1.29, 1.82) is 0 Å². The second kappa shape index (κ2) is 7.15. The van der Waals surface area contributed by atoms with Gasteiger partial charge in [-0.15, -0.1) is 0 Å². The number of nitrogens with zero attached hydrogens (tertiary/aromatic N) is 5. The van der Waals surface area contributed by atoms with Crippen molar-refractivity contribution in [2.24, 2.45) is 7.05 Å². The normalized spacial score (nSPS) is 17.8.